The SMILES string of the molecule is CCc1ccc(N2CCN(C(=O)C3(O)CCCN(C(C)=O)C3)CC2)cc1. The van der Waals surface area contributed by atoms with Crippen molar-refractivity contribution in [2.45, 2.75) is 38.7 Å². The highest BCUT2D eigenvalue weighted by molar-refractivity contribution is 5.86. The van der Waals surface area contributed by atoms with Gasteiger partial charge in [-0.25, -0.2) is 0 Å². The third-order valence-electron chi connectivity index (χ3n) is 5.59. The van der Waals surface area contributed by atoms with E-state index in [-0.39, 0.29) is 18.4 Å². The van der Waals surface area contributed by atoms with Gasteiger partial charge in [0.1, 0.15) is 0 Å². The lowest BCUT2D eigenvalue weighted by Gasteiger charge is -2.43. The molecule has 1 aromatic rings. The summed E-state index contributed by atoms with van der Waals surface area (Å²) >= 11 is 0. The zero-order chi connectivity index (χ0) is 18.7. The van der Waals surface area contributed by atoms with Gasteiger partial charge in [-0.1, -0.05) is 19.1 Å². The number of carbonyl (C=O) groups is 2. The summed E-state index contributed by atoms with van der Waals surface area (Å²) in [4.78, 5) is 30.1. The molecule has 0 saturated carbocycles. The Labute approximate surface area is 155 Å². The maximum Gasteiger partial charge on any atom is 0.256 e. The van der Waals surface area contributed by atoms with Gasteiger partial charge in [0.15, 0.2) is 5.60 Å². The molecule has 6 heteroatoms. The molecule has 2 fully saturated rings. The van der Waals surface area contributed by atoms with Crippen LogP contribution in [0.5, 0.6) is 0 Å². The average Bonchev–Trinajstić information content (AvgIpc) is 2.67. The van der Waals surface area contributed by atoms with Crippen molar-refractivity contribution in [1.29, 1.82) is 0 Å². The molecule has 0 aliphatic carbocycles. The number of piperazine rings is 1. The zero-order valence-electron chi connectivity index (χ0n) is 15.8. The largest absolute Gasteiger partial charge is 0.378 e. The van der Waals surface area contributed by atoms with Gasteiger partial charge in [0.25, 0.3) is 5.91 Å². The summed E-state index contributed by atoms with van der Waals surface area (Å²) in [5.41, 5.74) is 1.06. The molecule has 1 unspecified atom stereocenters. The first-order chi connectivity index (χ1) is 12.4. The number of rotatable bonds is 3. The van der Waals surface area contributed by atoms with Gasteiger partial charge in [0, 0.05) is 45.3 Å². The number of β-amino-alcohol motifs (C(OH)–C–C–N with tert-alkyl or cyclic N) is 1. The van der Waals surface area contributed by atoms with Crippen LogP contribution in [0.3, 0.4) is 0 Å². The van der Waals surface area contributed by atoms with Crippen LogP contribution in [-0.4, -0.2) is 71.6 Å². The van der Waals surface area contributed by atoms with E-state index in [2.05, 4.69) is 36.1 Å². The van der Waals surface area contributed by atoms with Crippen LogP contribution >= 0.6 is 0 Å². The monoisotopic (exact) mass is 359 g/mol. The summed E-state index contributed by atoms with van der Waals surface area (Å²) in [6.07, 6.45) is 2.11. The van der Waals surface area contributed by atoms with Gasteiger partial charge < -0.3 is 19.8 Å². The molecule has 2 heterocycles. The van der Waals surface area contributed by atoms with E-state index in [9.17, 15) is 14.7 Å². The fourth-order valence-electron chi connectivity index (χ4n) is 3.88. The number of amides is 2. The summed E-state index contributed by atoms with van der Waals surface area (Å²) in [6.45, 7) is 7.05. The molecule has 2 amide bonds. The van der Waals surface area contributed by atoms with Gasteiger partial charge in [-0.2, -0.15) is 0 Å². The van der Waals surface area contributed by atoms with E-state index in [4.69, 9.17) is 0 Å². The highest BCUT2D eigenvalue weighted by Gasteiger charge is 2.43. The predicted molar refractivity (Wildman–Crippen MR) is 101 cm³/mol. The van der Waals surface area contributed by atoms with Crippen molar-refractivity contribution in [1.82, 2.24) is 9.80 Å². The Morgan fingerprint density at radius 1 is 1.04 bits per heavy atom. The highest BCUT2D eigenvalue weighted by Crippen LogP contribution is 2.25. The van der Waals surface area contributed by atoms with Crippen LogP contribution in [0.15, 0.2) is 24.3 Å². The van der Waals surface area contributed by atoms with Gasteiger partial charge in [-0.05, 0) is 37.0 Å². The number of hydrogen-bond donors (Lipinski definition) is 1. The molecule has 0 radical (unpaired) electrons. The Morgan fingerprint density at radius 3 is 2.27 bits per heavy atom. The van der Waals surface area contributed by atoms with Gasteiger partial charge >= 0.3 is 0 Å². The van der Waals surface area contributed by atoms with Crippen LogP contribution in [0.4, 0.5) is 5.69 Å². The first-order valence-electron chi connectivity index (χ1n) is 9.54. The Morgan fingerprint density at radius 2 is 1.69 bits per heavy atom. The Kier molecular flexibility index (Phi) is 5.51. The predicted octanol–water partition coefficient (Wildman–Crippen LogP) is 1.27. The van der Waals surface area contributed by atoms with Gasteiger partial charge in [-0.15, -0.1) is 0 Å². The van der Waals surface area contributed by atoms with E-state index in [0.29, 0.717) is 32.5 Å². The van der Waals surface area contributed by atoms with Crippen molar-refractivity contribution in [3.05, 3.63) is 29.8 Å². The number of benzene rings is 1. The van der Waals surface area contributed by atoms with Crippen LogP contribution < -0.4 is 4.90 Å². The van der Waals surface area contributed by atoms with Crippen LogP contribution in [-0.2, 0) is 16.0 Å². The smallest absolute Gasteiger partial charge is 0.256 e. The molecule has 1 aromatic carbocycles. The summed E-state index contributed by atoms with van der Waals surface area (Å²) in [5, 5.41) is 10.9. The van der Waals surface area contributed by atoms with E-state index < -0.39 is 5.60 Å². The summed E-state index contributed by atoms with van der Waals surface area (Å²) < 4.78 is 0. The number of likely N-dealkylation sites (tertiary alicyclic amines) is 1. The van der Waals surface area contributed by atoms with E-state index in [1.54, 1.807) is 9.80 Å². The lowest BCUT2D eigenvalue weighted by Crippen LogP contribution is -2.61. The van der Waals surface area contributed by atoms with Crippen molar-refractivity contribution in [3.63, 3.8) is 0 Å². The molecule has 0 bridgehead atoms. The molecular formula is C20H29N3O3. The Hall–Kier alpha value is -2.08. The number of aliphatic hydroxyl groups is 1. The van der Waals surface area contributed by atoms with Crippen molar-refractivity contribution < 1.29 is 14.7 Å². The van der Waals surface area contributed by atoms with Crippen LogP contribution in [0, 0.1) is 0 Å². The number of carbonyl (C=O) groups excluding carboxylic acids is 2. The molecule has 26 heavy (non-hydrogen) atoms. The number of nitrogens with zero attached hydrogens (tertiary/aromatic N) is 3. The third-order valence-corrected chi connectivity index (χ3v) is 5.59. The number of anilines is 1. The van der Waals surface area contributed by atoms with E-state index in [1.165, 1.54) is 18.2 Å². The van der Waals surface area contributed by atoms with Crippen molar-refractivity contribution >= 4 is 17.5 Å². The second kappa shape index (κ2) is 7.66. The fourth-order valence-corrected chi connectivity index (χ4v) is 3.88. The number of aryl methyl sites for hydroxylation is 1. The molecule has 2 aliphatic rings. The molecule has 1 N–H and O–H groups in total. The molecule has 2 aliphatic heterocycles. The van der Waals surface area contributed by atoms with E-state index in [1.807, 2.05) is 0 Å². The quantitative estimate of drug-likeness (QED) is 0.883. The topological polar surface area (TPSA) is 64.1 Å². The first-order valence-corrected chi connectivity index (χ1v) is 9.54. The zero-order valence-corrected chi connectivity index (χ0v) is 15.8. The standard InChI is InChI=1S/C20H29N3O3/c1-3-17-5-7-18(8-6-17)21-11-13-22(14-12-21)19(25)20(26)9-4-10-23(15-20)16(2)24/h5-8,26H,3-4,9-15H2,1-2H3. The van der Waals surface area contributed by atoms with Crippen LogP contribution in [0.1, 0.15) is 32.3 Å². The molecule has 0 spiro atoms. The Balaban J connectivity index is 1.60. The molecule has 142 valence electrons. The summed E-state index contributed by atoms with van der Waals surface area (Å²) in [6, 6.07) is 8.56. The first kappa shape index (κ1) is 18.7. The highest BCUT2D eigenvalue weighted by atomic mass is 16.3. The molecular weight excluding hydrogens is 330 g/mol. The fraction of sp³-hybridized carbons (Fsp3) is 0.600. The number of hydrogen-bond acceptors (Lipinski definition) is 4. The normalized spacial score (nSPS) is 23.9. The van der Waals surface area contributed by atoms with Crippen molar-refractivity contribution in [2.75, 3.05) is 44.2 Å². The molecule has 6 nitrogen and oxygen atoms in total. The van der Waals surface area contributed by atoms with E-state index in [0.717, 1.165) is 19.5 Å². The molecule has 0 aromatic heterocycles. The minimum absolute atomic E-state index is 0.0868. The number of piperidine rings is 1. The lowest BCUT2D eigenvalue weighted by atomic mass is 9.91. The third kappa shape index (κ3) is 3.85. The second-order valence-corrected chi connectivity index (χ2v) is 7.37. The minimum atomic E-state index is -1.44. The van der Waals surface area contributed by atoms with Crippen LogP contribution in [0.2, 0.25) is 0 Å². The van der Waals surface area contributed by atoms with Gasteiger partial charge in [0.2, 0.25) is 5.91 Å². The van der Waals surface area contributed by atoms with Crippen molar-refractivity contribution in [2.24, 2.45) is 0 Å². The van der Waals surface area contributed by atoms with Gasteiger partial charge in [0.05, 0.1) is 6.54 Å². The second-order valence-electron chi connectivity index (χ2n) is 7.37. The Bertz CT molecular complexity index is 653. The lowest BCUT2D eigenvalue weighted by molar-refractivity contribution is -0.160. The average molecular weight is 359 g/mol. The maximum absolute atomic E-state index is 12.9. The maximum atomic E-state index is 12.9. The molecule has 3 rings (SSSR count). The minimum Gasteiger partial charge on any atom is -0.378 e. The van der Waals surface area contributed by atoms with E-state index >= 15 is 0 Å². The molecule has 2 saturated heterocycles. The van der Waals surface area contributed by atoms with Gasteiger partial charge in [-0.3, -0.25) is 9.59 Å². The summed E-state index contributed by atoms with van der Waals surface area (Å²) in [7, 11) is 0. The summed E-state index contributed by atoms with van der Waals surface area (Å²) in [5.74, 6) is -0.319. The molecule has 1 atom stereocenters. The van der Waals surface area contributed by atoms with Crippen molar-refractivity contribution in [3.8, 4) is 0 Å². The van der Waals surface area contributed by atoms with Crippen LogP contribution in [0.25, 0.3) is 0 Å².